The highest BCUT2D eigenvalue weighted by atomic mass is 19.4. The van der Waals surface area contributed by atoms with Gasteiger partial charge in [-0.05, 0) is 0 Å². The van der Waals surface area contributed by atoms with Crippen LogP contribution in [0.5, 0.6) is 0 Å². The van der Waals surface area contributed by atoms with Gasteiger partial charge in [-0.25, -0.2) is 4.79 Å². The van der Waals surface area contributed by atoms with Crippen molar-refractivity contribution in [3.8, 4) is 0 Å². The molecular weight excluding hydrogens is 448 g/mol. The van der Waals surface area contributed by atoms with Crippen LogP contribution in [0, 0.1) is 0 Å². The molecule has 18 heteroatoms. The molecule has 166 valence electrons. The third-order valence-electron chi connectivity index (χ3n) is 2.66. The summed E-state index contributed by atoms with van der Waals surface area (Å²) in [6.45, 7) is -3.58. The van der Waals surface area contributed by atoms with Crippen LogP contribution in [-0.4, -0.2) is 61.1 Å². The second kappa shape index (κ2) is 7.41. The predicted molar refractivity (Wildman–Crippen MR) is 55.9 cm³/mol. The number of hydrogen-bond acceptors (Lipinski definition) is 3. The van der Waals surface area contributed by atoms with Crippen LogP contribution >= 0.6 is 0 Å². The zero-order valence-electron chi connectivity index (χ0n) is 12.4. The zero-order chi connectivity index (χ0) is 23.0. The van der Waals surface area contributed by atoms with Gasteiger partial charge in [-0.3, -0.25) is 4.79 Å². The van der Waals surface area contributed by atoms with Gasteiger partial charge in [-0.2, -0.15) is 61.5 Å². The third kappa shape index (κ3) is 4.50. The Labute approximate surface area is 143 Å². The van der Waals surface area contributed by atoms with E-state index in [0.717, 1.165) is 0 Å². The molecule has 0 aliphatic rings. The third-order valence-corrected chi connectivity index (χ3v) is 2.66. The standard InChI is InChI=1S/C10H5F14NO3/c11-5(12,7(15,16)9(19,20)21)3(26)25-1-2-28-4(27)6(13,14)8(17,18)10(22,23)24/h1-2H2,(H,25,26). The van der Waals surface area contributed by atoms with Gasteiger partial charge in [0.15, 0.2) is 0 Å². The Morgan fingerprint density at radius 2 is 1.00 bits per heavy atom. The summed E-state index contributed by atoms with van der Waals surface area (Å²) in [7, 11) is 0. The molecule has 0 rings (SSSR count). The molecule has 1 N–H and O–H groups in total. The fourth-order valence-corrected chi connectivity index (χ4v) is 1.14. The van der Waals surface area contributed by atoms with E-state index in [1.807, 2.05) is 0 Å². The van der Waals surface area contributed by atoms with Gasteiger partial charge in [-0.15, -0.1) is 0 Å². The first-order valence-electron chi connectivity index (χ1n) is 6.15. The van der Waals surface area contributed by atoms with Gasteiger partial charge in [0.25, 0.3) is 5.91 Å². The van der Waals surface area contributed by atoms with Gasteiger partial charge < -0.3 is 10.1 Å². The predicted octanol–water partition coefficient (Wildman–Crippen LogP) is 3.31. The molecule has 0 aromatic carbocycles. The van der Waals surface area contributed by atoms with E-state index >= 15 is 0 Å². The van der Waals surface area contributed by atoms with Crippen molar-refractivity contribution in [3.05, 3.63) is 0 Å². The number of carbonyl (C=O) groups is 2. The molecule has 0 radical (unpaired) electrons. The second-order valence-corrected chi connectivity index (χ2v) is 4.68. The molecule has 1 amide bonds. The van der Waals surface area contributed by atoms with Crippen molar-refractivity contribution in [3.63, 3.8) is 0 Å². The van der Waals surface area contributed by atoms with E-state index in [1.54, 1.807) is 0 Å². The number of amides is 1. The lowest BCUT2D eigenvalue weighted by Crippen LogP contribution is -2.59. The summed E-state index contributed by atoms with van der Waals surface area (Å²) in [6.07, 6.45) is -13.8. The minimum atomic E-state index is -6.93. The fraction of sp³-hybridized carbons (Fsp3) is 0.800. The van der Waals surface area contributed by atoms with Crippen molar-refractivity contribution >= 4 is 11.9 Å². The summed E-state index contributed by atoms with van der Waals surface area (Å²) < 4.78 is 175. The Morgan fingerprint density at radius 3 is 1.36 bits per heavy atom. The average molecular weight is 453 g/mol. The van der Waals surface area contributed by atoms with Crippen LogP contribution in [-0.2, 0) is 14.3 Å². The quantitative estimate of drug-likeness (QED) is 0.366. The lowest BCUT2D eigenvalue weighted by atomic mass is 10.1. The van der Waals surface area contributed by atoms with E-state index < -0.39 is 61.1 Å². The van der Waals surface area contributed by atoms with Gasteiger partial charge in [-0.1, -0.05) is 0 Å². The van der Waals surface area contributed by atoms with Crippen molar-refractivity contribution in [2.75, 3.05) is 13.2 Å². The van der Waals surface area contributed by atoms with Crippen molar-refractivity contribution in [1.82, 2.24) is 5.32 Å². The van der Waals surface area contributed by atoms with Gasteiger partial charge >= 0.3 is 42.0 Å². The summed E-state index contributed by atoms with van der Waals surface area (Å²) in [5, 5.41) is 0.576. The molecule has 0 heterocycles. The van der Waals surface area contributed by atoms with Gasteiger partial charge in [0.05, 0.1) is 6.54 Å². The molecule has 0 fully saturated rings. The first-order chi connectivity index (χ1) is 12.0. The summed E-state index contributed by atoms with van der Waals surface area (Å²) in [5.41, 5.74) is 0. The van der Waals surface area contributed by atoms with Gasteiger partial charge in [0.1, 0.15) is 6.61 Å². The SMILES string of the molecule is O=C(NCCOC(=O)C(F)(F)C(F)(F)C(F)(F)F)C(F)(F)C(F)(F)C(F)(F)F. The maximum absolute atomic E-state index is 12.8. The number of ether oxygens (including phenoxy) is 1. The molecule has 0 saturated heterocycles. The minimum Gasteiger partial charge on any atom is -0.459 e. The Kier molecular flexibility index (Phi) is 6.87. The largest absolute Gasteiger partial charge is 0.460 e. The minimum absolute atomic E-state index is 0.576. The molecule has 0 aliphatic carbocycles. The summed E-state index contributed by atoms with van der Waals surface area (Å²) in [6, 6.07) is 0. The number of halogens is 14. The first kappa shape index (κ1) is 26.0. The number of esters is 1. The lowest BCUT2D eigenvalue weighted by molar-refractivity contribution is -0.348. The molecule has 0 bridgehead atoms. The molecule has 0 saturated carbocycles. The summed E-state index contributed by atoms with van der Waals surface area (Å²) >= 11 is 0. The Hall–Kier alpha value is -2.04. The van der Waals surface area contributed by atoms with Crippen LogP contribution in [0.1, 0.15) is 0 Å². The van der Waals surface area contributed by atoms with E-state index in [0.29, 0.717) is 5.32 Å². The first-order valence-corrected chi connectivity index (χ1v) is 6.15. The fourth-order valence-electron chi connectivity index (χ4n) is 1.14. The maximum Gasteiger partial charge on any atom is 0.460 e. The van der Waals surface area contributed by atoms with Crippen LogP contribution in [0.4, 0.5) is 61.5 Å². The maximum atomic E-state index is 12.8. The van der Waals surface area contributed by atoms with Crippen molar-refractivity contribution in [1.29, 1.82) is 0 Å². The number of carbonyl (C=O) groups excluding carboxylic acids is 2. The normalized spacial score (nSPS) is 14.6. The van der Waals surface area contributed by atoms with E-state index in [2.05, 4.69) is 4.74 Å². The summed E-state index contributed by atoms with van der Waals surface area (Å²) in [4.78, 5) is 21.3. The van der Waals surface area contributed by atoms with Crippen LogP contribution in [0.2, 0.25) is 0 Å². The second-order valence-electron chi connectivity index (χ2n) is 4.68. The lowest BCUT2D eigenvalue weighted by Gasteiger charge is -2.27. The highest BCUT2D eigenvalue weighted by molar-refractivity contribution is 5.84. The van der Waals surface area contributed by atoms with E-state index in [-0.39, 0.29) is 0 Å². The van der Waals surface area contributed by atoms with E-state index in [4.69, 9.17) is 0 Å². The molecule has 0 unspecified atom stereocenters. The van der Waals surface area contributed by atoms with Gasteiger partial charge in [0, 0.05) is 0 Å². The van der Waals surface area contributed by atoms with Crippen molar-refractivity contribution in [2.24, 2.45) is 0 Å². The molecule has 0 aliphatic heterocycles. The van der Waals surface area contributed by atoms with Crippen molar-refractivity contribution in [2.45, 2.75) is 36.0 Å². The molecule has 4 nitrogen and oxygen atoms in total. The highest BCUT2D eigenvalue weighted by Crippen LogP contribution is 2.47. The Balaban J connectivity index is 4.93. The number of rotatable bonds is 7. The van der Waals surface area contributed by atoms with Crippen molar-refractivity contribution < 1.29 is 75.8 Å². The van der Waals surface area contributed by atoms with Crippen LogP contribution in [0.15, 0.2) is 0 Å². The smallest absolute Gasteiger partial charge is 0.459 e. The number of hydrogen-bond donors (Lipinski definition) is 1. The molecule has 28 heavy (non-hydrogen) atoms. The van der Waals surface area contributed by atoms with Crippen LogP contribution in [0.3, 0.4) is 0 Å². The number of nitrogens with one attached hydrogen (secondary N) is 1. The topological polar surface area (TPSA) is 55.4 Å². The zero-order valence-corrected chi connectivity index (χ0v) is 12.4. The van der Waals surface area contributed by atoms with Crippen LogP contribution < -0.4 is 5.32 Å². The summed E-state index contributed by atoms with van der Waals surface area (Å²) in [5.74, 6) is -33.6. The molecule has 0 aromatic rings. The monoisotopic (exact) mass is 453 g/mol. The van der Waals surface area contributed by atoms with E-state index in [9.17, 15) is 71.1 Å². The molecule has 0 spiro atoms. The highest BCUT2D eigenvalue weighted by Gasteiger charge is 2.77. The van der Waals surface area contributed by atoms with Crippen LogP contribution in [0.25, 0.3) is 0 Å². The van der Waals surface area contributed by atoms with Gasteiger partial charge in [0.2, 0.25) is 0 Å². The molecular formula is C10H5F14NO3. The average Bonchev–Trinajstić information content (AvgIpc) is 2.48. The Bertz CT molecular complexity index is 541. The van der Waals surface area contributed by atoms with E-state index in [1.165, 1.54) is 0 Å². The number of alkyl halides is 14. The molecule has 0 atom stereocenters. The molecule has 0 aromatic heterocycles. The Morgan fingerprint density at radius 1 is 0.643 bits per heavy atom.